The van der Waals surface area contributed by atoms with Crippen LogP contribution < -0.4 is 4.90 Å². The number of hydrogen-bond donors (Lipinski definition) is 1. The average molecular weight is 569 g/mol. The van der Waals surface area contributed by atoms with Crippen LogP contribution in [0.2, 0.25) is 0 Å². The number of esters is 1. The minimum absolute atomic E-state index is 0.0652. The molecule has 8 heteroatoms. The first kappa shape index (κ1) is 30.4. The SMILES string of the molecule is C=CCCCOC(=O)[C@@H]1[C@H]2C(=O)N([C@@H](CO)CC(C)C)C(C(=O)N(CC=C)c3cc(C)ccc3C)C23CC[C@H]1S3. The topological polar surface area (TPSA) is 87.1 Å². The standard InChI is InChI=1S/C32H44N2O5S/c1-7-9-10-16-39-31(38)26-25-13-14-32(40-25)27(26)29(36)34(23(19-35)17-20(3)4)28(32)30(37)33(15-8-2)24-18-21(5)11-12-22(24)6/h7-8,11-12,18,20,23,25-28,35H,1-2,9-10,13-17,19H2,3-6H3/t23-,25-,26+,27+,28?,32?/m1/s1. The zero-order valence-corrected chi connectivity index (χ0v) is 25.1. The molecule has 2 unspecified atom stereocenters. The predicted molar refractivity (Wildman–Crippen MR) is 160 cm³/mol. The van der Waals surface area contributed by atoms with Crippen LogP contribution in [0, 0.1) is 31.6 Å². The largest absolute Gasteiger partial charge is 0.465 e. The van der Waals surface area contributed by atoms with E-state index >= 15 is 0 Å². The van der Waals surface area contributed by atoms with Gasteiger partial charge >= 0.3 is 5.97 Å². The van der Waals surface area contributed by atoms with Crippen molar-refractivity contribution in [2.45, 2.75) is 81.9 Å². The molecule has 2 amide bonds. The fourth-order valence-corrected chi connectivity index (χ4v) is 9.13. The zero-order valence-electron chi connectivity index (χ0n) is 24.3. The first-order chi connectivity index (χ1) is 19.1. The lowest BCUT2D eigenvalue weighted by Crippen LogP contribution is -2.58. The summed E-state index contributed by atoms with van der Waals surface area (Å²) in [5.41, 5.74) is 2.77. The van der Waals surface area contributed by atoms with E-state index in [0.717, 1.165) is 29.7 Å². The van der Waals surface area contributed by atoms with Crippen molar-refractivity contribution in [3.05, 3.63) is 54.6 Å². The van der Waals surface area contributed by atoms with E-state index < -0.39 is 28.7 Å². The molecule has 0 saturated carbocycles. The maximum Gasteiger partial charge on any atom is 0.310 e. The van der Waals surface area contributed by atoms with E-state index in [1.54, 1.807) is 33.7 Å². The van der Waals surface area contributed by atoms with Crippen LogP contribution in [0.5, 0.6) is 0 Å². The molecule has 1 aromatic rings. The van der Waals surface area contributed by atoms with E-state index in [-0.39, 0.29) is 42.2 Å². The molecule has 3 heterocycles. The number of thioether (sulfide) groups is 1. The van der Waals surface area contributed by atoms with Crippen LogP contribution in [0.1, 0.15) is 57.1 Å². The van der Waals surface area contributed by atoms with Crippen LogP contribution in [0.25, 0.3) is 0 Å². The Morgan fingerprint density at radius 3 is 2.67 bits per heavy atom. The highest BCUT2D eigenvalue weighted by Gasteiger charge is 2.74. The molecule has 6 atom stereocenters. The molecule has 3 fully saturated rings. The third-order valence-electron chi connectivity index (χ3n) is 8.62. The molecule has 218 valence electrons. The molecule has 0 aromatic heterocycles. The van der Waals surface area contributed by atoms with E-state index in [9.17, 15) is 19.5 Å². The number of carbonyl (C=O) groups excluding carboxylic acids is 3. The molecule has 0 aliphatic carbocycles. The smallest absolute Gasteiger partial charge is 0.310 e. The highest BCUT2D eigenvalue weighted by Crippen LogP contribution is 2.67. The summed E-state index contributed by atoms with van der Waals surface area (Å²) in [4.78, 5) is 46.0. The van der Waals surface area contributed by atoms with Gasteiger partial charge in [-0.1, -0.05) is 38.1 Å². The summed E-state index contributed by atoms with van der Waals surface area (Å²) in [7, 11) is 0. The number of likely N-dealkylation sites (tertiary alicyclic amines) is 1. The summed E-state index contributed by atoms with van der Waals surface area (Å²) in [5.74, 6) is -1.78. The number of aliphatic hydroxyl groups excluding tert-OH is 1. The van der Waals surface area contributed by atoms with Gasteiger partial charge < -0.3 is 19.6 Å². The number of fused-ring (bicyclic) bond motifs is 1. The Hall–Kier alpha value is -2.58. The van der Waals surface area contributed by atoms with E-state index in [0.29, 0.717) is 25.8 Å². The third kappa shape index (κ3) is 5.37. The number of unbranched alkanes of at least 4 members (excludes halogenated alkanes) is 1. The summed E-state index contributed by atoms with van der Waals surface area (Å²) in [6.45, 7) is 16.0. The Kier molecular flexibility index (Phi) is 9.51. The van der Waals surface area contributed by atoms with Crippen molar-refractivity contribution in [1.29, 1.82) is 0 Å². The second-order valence-corrected chi connectivity index (χ2v) is 13.5. The Labute approximate surface area is 243 Å². The molecule has 7 nitrogen and oxygen atoms in total. The number of carbonyl (C=O) groups is 3. The third-order valence-corrected chi connectivity index (χ3v) is 10.6. The van der Waals surface area contributed by atoms with Gasteiger partial charge in [-0.15, -0.1) is 24.9 Å². The lowest BCUT2D eigenvalue weighted by Gasteiger charge is -2.40. The molecular formula is C32H44N2O5S. The summed E-state index contributed by atoms with van der Waals surface area (Å²) in [6.07, 6.45) is 6.90. The monoisotopic (exact) mass is 568 g/mol. The molecule has 1 spiro atoms. The van der Waals surface area contributed by atoms with Gasteiger partial charge in [0.1, 0.15) is 6.04 Å². The van der Waals surface area contributed by atoms with E-state index in [1.165, 1.54) is 0 Å². The number of hydrogen-bond acceptors (Lipinski definition) is 6. The maximum atomic E-state index is 14.8. The fraction of sp³-hybridized carbons (Fsp3) is 0.594. The molecule has 1 N–H and O–H groups in total. The van der Waals surface area contributed by atoms with Gasteiger partial charge in [-0.05, 0) is 69.1 Å². The molecular weight excluding hydrogens is 524 g/mol. The quantitative estimate of drug-likeness (QED) is 0.208. The molecule has 40 heavy (non-hydrogen) atoms. The van der Waals surface area contributed by atoms with Crippen LogP contribution in [-0.2, 0) is 19.1 Å². The molecule has 0 radical (unpaired) electrons. The van der Waals surface area contributed by atoms with Crippen molar-refractivity contribution in [1.82, 2.24) is 4.90 Å². The van der Waals surface area contributed by atoms with Crippen molar-refractivity contribution in [3.8, 4) is 0 Å². The van der Waals surface area contributed by atoms with E-state index in [1.807, 2.05) is 45.9 Å². The van der Waals surface area contributed by atoms with Gasteiger partial charge in [0, 0.05) is 17.5 Å². The van der Waals surface area contributed by atoms with Gasteiger partial charge in [-0.3, -0.25) is 14.4 Å². The van der Waals surface area contributed by atoms with Gasteiger partial charge in [0.2, 0.25) is 5.91 Å². The van der Waals surface area contributed by atoms with Crippen molar-refractivity contribution in [3.63, 3.8) is 0 Å². The number of amides is 2. The molecule has 4 rings (SSSR count). The van der Waals surface area contributed by atoms with Crippen molar-refractivity contribution >= 4 is 35.2 Å². The lowest BCUT2D eigenvalue weighted by atomic mass is 9.71. The number of rotatable bonds is 13. The minimum Gasteiger partial charge on any atom is -0.465 e. The molecule has 1 aromatic carbocycles. The zero-order chi connectivity index (χ0) is 29.2. The van der Waals surface area contributed by atoms with E-state index in [2.05, 4.69) is 13.2 Å². The summed E-state index contributed by atoms with van der Waals surface area (Å²) in [5, 5.41) is 10.5. The number of ether oxygens (including phenoxy) is 1. The second-order valence-electron chi connectivity index (χ2n) is 11.9. The summed E-state index contributed by atoms with van der Waals surface area (Å²) < 4.78 is 4.93. The summed E-state index contributed by atoms with van der Waals surface area (Å²) in [6, 6.07) is 4.69. The molecule has 3 saturated heterocycles. The number of aryl methyl sites for hydroxylation is 2. The van der Waals surface area contributed by atoms with Crippen LogP contribution >= 0.6 is 11.8 Å². The van der Waals surface area contributed by atoms with Gasteiger partial charge in [0.25, 0.3) is 5.91 Å². The number of nitrogens with zero attached hydrogens (tertiary/aromatic N) is 2. The highest BCUT2D eigenvalue weighted by atomic mass is 32.2. The van der Waals surface area contributed by atoms with Crippen LogP contribution in [-0.4, -0.2) is 69.6 Å². The second kappa shape index (κ2) is 12.5. The van der Waals surface area contributed by atoms with Crippen molar-refractivity contribution < 1.29 is 24.2 Å². The lowest BCUT2D eigenvalue weighted by molar-refractivity contribution is -0.154. The van der Waals surface area contributed by atoms with Crippen molar-refractivity contribution in [2.24, 2.45) is 17.8 Å². The Morgan fingerprint density at radius 2 is 2.02 bits per heavy atom. The number of allylic oxidation sites excluding steroid dienone is 1. The summed E-state index contributed by atoms with van der Waals surface area (Å²) >= 11 is 1.62. The first-order valence-electron chi connectivity index (χ1n) is 14.5. The Bertz CT molecular complexity index is 1150. The van der Waals surface area contributed by atoms with Crippen LogP contribution in [0.4, 0.5) is 5.69 Å². The highest BCUT2D eigenvalue weighted by molar-refractivity contribution is 8.02. The van der Waals surface area contributed by atoms with Gasteiger partial charge in [0.15, 0.2) is 0 Å². The van der Waals surface area contributed by atoms with Gasteiger partial charge in [-0.25, -0.2) is 0 Å². The number of aliphatic hydroxyl groups is 1. The molecule has 3 aliphatic heterocycles. The van der Waals surface area contributed by atoms with Crippen LogP contribution in [0.15, 0.2) is 43.5 Å². The minimum atomic E-state index is -0.797. The van der Waals surface area contributed by atoms with E-state index in [4.69, 9.17) is 4.74 Å². The fourth-order valence-electron chi connectivity index (χ4n) is 6.94. The maximum absolute atomic E-state index is 14.8. The average Bonchev–Trinajstić information content (AvgIpc) is 3.56. The molecule has 2 bridgehead atoms. The number of benzene rings is 1. The number of anilines is 1. The predicted octanol–water partition coefficient (Wildman–Crippen LogP) is 4.83. The van der Waals surface area contributed by atoms with Crippen molar-refractivity contribution in [2.75, 3.05) is 24.7 Å². The van der Waals surface area contributed by atoms with Gasteiger partial charge in [-0.2, -0.15) is 0 Å². The van der Waals surface area contributed by atoms with Crippen LogP contribution in [0.3, 0.4) is 0 Å². The Balaban J connectivity index is 1.78. The van der Waals surface area contributed by atoms with Gasteiger partial charge in [0.05, 0.1) is 35.8 Å². The Morgan fingerprint density at radius 1 is 1.27 bits per heavy atom. The molecule has 3 aliphatic rings. The normalized spacial score (nSPS) is 27.6. The first-order valence-corrected chi connectivity index (χ1v) is 15.4.